The number of nitrogens with zero attached hydrogens (tertiary/aromatic N) is 4. The summed E-state index contributed by atoms with van der Waals surface area (Å²) in [6.45, 7) is 0.110. The Morgan fingerprint density at radius 2 is 1.87 bits per heavy atom. The molecule has 0 unspecified atom stereocenters. The lowest BCUT2D eigenvalue weighted by atomic mass is 10.3. The summed E-state index contributed by atoms with van der Waals surface area (Å²) < 4.78 is 54.9. The maximum atomic E-state index is 12.8. The van der Waals surface area contributed by atoms with E-state index in [9.17, 15) is 13.2 Å². The highest BCUT2D eigenvalue weighted by atomic mass is 19.4. The number of halogens is 3. The summed E-state index contributed by atoms with van der Waals surface area (Å²) in [4.78, 5) is 0. The molecule has 0 fully saturated rings. The third-order valence-corrected chi connectivity index (χ3v) is 3.06. The van der Waals surface area contributed by atoms with Gasteiger partial charge in [0, 0.05) is 12.1 Å². The number of aromatic nitrogens is 4. The smallest absolute Gasteiger partial charge is 0.453 e. The fourth-order valence-corrected chi connectivity index (χ4v) is 2.06. The Balaban J connectivity index is 1.69. The predicted octanol–water partition coefficient (Wildman–Crippen LogP) is 2.66. The summed E-state index contributed by atoms with van der Waals surface area (Å²) in [5.74, 6) is 0.149. The highest BCUT2D eigenvalue weighted by Crippen LogP contribution is 2.36. The van der Waals surface area contributed by atoms with Crippen molar-refractivity contribution in [3.05, 3.63) is 36.2 Å². The van der Waals surface area contributed by atoms with Gasteiger partial charge in [-0.15, -0.1) is 15.3 Å². The van der Waals surface area contributed by atoms with Crippen LogP contribution in [0.15, 0.2) is 30.3 Å². The normalized spacial score (nSPS) is 13.5. The van der Waals surface area contributed by atoms with Crippen molar-refractivity contribution in [2.45, 2.75) is 6.18 Å². The average Bonchev–Trinajstić information content (AvgIpc) is 3.11. The molecule has 7 nitrogen and oxygen atoms in total. The van der Waals surface area contributed by atoms with Gasteiger partial charge in [-0.05, 0) is 18.2 Å². The van der Waals surface area contributed by atoms with Crippen LogP contribution >= 0.6 is 0 Å². The average molecular weight is 324 g/mol. The first-order valence-electron chi connectivity index (χ1n) is 6.38. The molecule has 4 rings (SSSR count). The number of ether oxygens (including phenoxy) is 3. The molecular formula is C13H7F3N4O3. The molecule has 0 N–H and O–H groups in total. The summed E-state index contributed by atoms with van der Waals surface area (Å²) in [6, 6.07) is 7.52. The van der Waals surface area contributed by atoms with Crippen LogP contribution in [0.4, 0.5) is 13.2 Å². The molecule has 0 spiro atoms. The first-order valence-corrected chi connectivity index (χ1v) is 6.38. The fourth-order valence-electron chi connectivity index (χ4n) is 2.06. The van der Waals surface area contributed by atoms with E-state index >= 15 is 0 Å². The molecular weight excluding hydrogens is 317 g/mol. The summed E-state index contributed by atoms with van der Waals surface area (Å²) in [6.07, 6.45) is -4.66. The molecule has 0 bridgehead atoms. The van der Waals surface area contributed by atoms with E-state index in [1.807, 2.05) is 0 Å². The number of alkyl halides is 3. The third kappa shape index (κ3) is 2.37. The largest absolute Gasteiger partial charge is 0.454 e. The molecule has 3 heterocycles. The van der Waals surface area contributed by atoms with Crippen molar-refractivity contribution in [1.29, 1.82) is 0 Å². The minimum absolute atomic E-state index is 0.0321. The first-order chi connectivity index (χ1) is 11.0. The van der Waals surface area contributed by atoms with Gasteiger partial charge >= 0.3 is 6.18 Å². The lowest BCUT2D eigenvalue weighted by molar-refractivity contribution is -0.146. The monoisotopic (exact) mass is 324 g/mol. The van der Waals surface area contributed by atoms with Crippen molar-refractivity contribution in [3.63, 3.8) is 0 Å². The van der Waals surface area contributed by atoms with Crippen molar-refractivity contribution >= 4 is 5.65 Å². The Morgan fingerprint density at radius 1 is 1.04 bits per heavy atom. The molecule has 118 valence electrons. The highest BCUT2D eigenvalue weighted by molar-refractivity contribution is 5.48. The van der Waals surface area contributed by atoms with Gasteiger partial charge in [-0.3, -0.25) is 0 Å². The van der Waals surface area contributed by atoms with Crippen LogP contribution in [0.2, 0.25) is 0 Å². The third-order valence-electron chi connectivity index (χ3n) is 3.06. The molecule has 23 heavy (non-hydrogen) atoms. The second-order valence-corrected chi connectivity index (χ2v) is 4.58. The van der Waals surface area contributed by atoms with Gasteiger partial charge < -0.3 is 14.2 Å². The topological polar surface area (TPSA) is 70.8 Å². The Morgan fingerprint density at radius 3 is 2.70 bits per heavy atom. The van der Waals surface area contributed by atoms with Crippen molar-refractivity contribution < 1.29 is 27.4 Å². The summed E-state index contributed by atoms with van der Waals surface area (Å²) in [5.41, 5.74) is -0.0321. The molecule has 0 amide bonds. The SMILES string of the molecule is FC(F)(F)c1nnc2ccc(Oc3ccc4c(c3)OCO4)nn12. The number of fused-ring (bicyclic) bond motifs is 2. The molecule has 3 aromatic rings. The molecule has 0 saturated carbocycles. The van der Waals surface area contributed by atoms with E-state index in [-0.39, 0.29) is 18.3 Å². The van der Waals surface area contributed by atoms with Gasteiger partial charge in [-0.1, -0.05) is 0 Å². The predicted molar refractivity (Wildman–Crippen MR) is 68.4 cm³/mol. The zero-order valence-corrected chi connectivity index (χ0v) is 11.2. The maximum Gasteiger partial charge on any atom is 0.453 e. The summed E-state index contributed by atoms with van der Waals surface area (Å²) in [7, 11) is 0. The fraction of sp³-hybridized carbons (Fsp3) is 0.154. The number of benzene rings is 1. The van der Waals surface area contributed by atoms with Gasteiger partial charge in [0.2, 0.25) is 12.7 Å². The van der Waals surface area contributed by atoms with Gasteiger partial charge in [-0.2, -0.15) is 17.7 Å². The molecule has 2 aromatic heterocycles. The number of hydrogen-bond acceptors (Lipinski definition) is 6. The zero-order valence-electron chi connectivity index (χ0n) is 11.2. The zero-order chi connectivity index (χ0) is 16.0. The highest BCUT2D eigenvalue weighted by Gasteiger charge is 2.37. The van der Waals surface area contributed by atoms with Crippen LogP contribution < -0.4 is 14.2 Å². The standard InChI is InChI=1S/C13H7F3N4O3/c14-13(15,16)12-18-17-10-3-4-11(19-20(10)12)23-7-1-2-8-9(5-7)22-6-21-8/h1-5H,6H2. The van der Waals surface area contributed by atoms with Gasteiger partial charge in [0.05, 0.1) is 0 Å². The Bertz CT molecular complexity index is 894. The molecule has 0 atom stereocenters. The Kier molecular flexibility index (Phi) is 2.80. The molecule has 0 aliphatic carbocycles. The lowest BCUT2D eigenvalue weighted by Gasteiger charge is -2.07. The molecule has 0 radical (unpaired) electrons. The van der Waals surface area contributed by atoms with Crippen LogP contribution in [0.25, 0.3) is 5.65 Å². The van der Waals surface area contributed by atoms with Gasteiger partial charge in [0.1, 0.15) is 5.75 Å². The van der Waals surface area contributed by atoms with Gasteiger partial charge in [0.15, 0.2) is 17.1 Å². The van der Waals surface area contributed by atoms with E-state index in [0.717, 1.165) is 0 Å². The molecule has 10 heteroatoms. The number of hydrogen-bond donors (Lipinski definition) is 0. The minimum Gasteiger partial charge on any atom is -0.454 e. The van der Waals surface area contributed by atoms with E-state index in [1.54, 1.807) is 18.2 Å². The van der Waals surface area contributed by atoms with Gasteiger partial charge in [0.25, 0.3) is 5.82 Å². The van der Waals surface area contributed by atoms with E-state index in [2.05, 4.69) is 15.3 Å². The molecule has 1 aromatic carbocycles. The second-order valence-electron chi connectivity index (χ2n) is 4.58. The van der Waals surface area contributed by atoms with E-state index < -0.39 is 12.0 Å². The Labute approximate surface area is 126 Å². The minimum atomic E-state index is -4.66. The van der Waals surface area contributed by atoms with E-state index in [1.165, 1.54) is 12.1 Å². The molecule has 0 saturated heterocycles. The van der Waals surface area contributed by atoms with Crippen molar-refractivity contribution in [1.82, 2.24) is 19.8 Å². The van der Waals surface area contributed by atoms with Crippen LogP contribution in [0.3, 0.4) is 0 Å². The lowest BCUT2D eigenvalue weighted by Crippen LogP contribution is -2.12. The molecule has 1 aliphatic heterocycles. The van der Waals surface area contributed by atoms with Crippen LogP contribution in [-0.4, -0.2) is 26.6 Å². The first kappa shape index (κ1) is 13.6. The molecule has 1 aliphatic rings. The van der Waals surface area contributed by atoms with Crippen LogP contribution in [0, 0.1) is 0 Å². The number of rotatable bonds is 2. The Hall–Kier alpha value is -3.04. The van der Waals surface area contributed by atoms with Crippen molar-refractivity contribution in [2.24, 2.45) is 0 Å². The van der Waals surface area contributed by atoms with Crippen LogP contribution in [0.5, 0.6) is 23.1 Å². The van der Waals surface area contributed by atoms with E-state index in [0.29, 0.717) is 21.8 Å². The van der Waals surface area contributed by atoms with Crippen LogP contribution in [-0.2, 0) is 6.18 Å². The van der Waals surface area contributed by atoms with Crippen molar-refractivity contribution in [2.75, 3.05) is 6.79 Å². The van der Waals surface area contributed by atoms with Gasteiger partial charge in [-0.25, -0.2) is 0 Å². The maximum absolute atomic E-state index is 12.8. The quantitative estimate of drug-likeness (QED) is 0.722. The van der Waals surface area contributed by atoms with E-state index in [4.69, 9.17) is 14.2 Å². The van der Waals surface area contributed by atoms with Crippen LogP contribution in [0.1, 0.15) is 5.82 Å². The summed E-state index contributed by atoms with van der Waals surface area (Å²) in [5, 5.41) is 10.3. The summed E-state index contributed by atoms with van der Waals surface area (Å²) >= 11 is 0. The second kappa shape index (κ2) is 4.73. The van der Waals surface area contributed by atoms with Crippen molar-refractivity contribution in [3.8, 4) is 23.1 Å².